The monoisotopic (exact) mass is 253 g/mol. The first-order valence-electron chi connectivity index (χ1n) is 4.29. The van der Waals surface area contributed by atoms with Crippen molar-refractivity contribution in [3.8, 4) is 0 Å². The Labute approximate surface area is 92.7 Å². The number of rotatable bonds is 4. The van der Waals surface area contributed by atoms with Crippen molar-refractivity contribution < 1.29 is 27.5 Å². The molecule has 1 N–H and O–H groups in total. The highest BCUT2D eigenvalue weighted by Gasteiger charge is 2.32. The van der Waals surface area contributed by atoms with E-state index < -0.39 is 37.0 Å². The standard InChI is InChI=1S/C8H7F4N3O2/c9-5-1-13-7(14-2-5)15(3-6(16)17)4-8(10,11)12/h1-2H,3-4H2,(H,16,17). The van der Waals surface area contributed by atoms with Gasteiger partial charge in [0, 0.05) is 0 Å². The third-order valence-electron chi connectivity index (χ3n) is 1.59. The summed E-state index contributed by atoms with van der Waals surface area (Å²) in [5, 5.41) is 8.46. The molecule has 0 bridgehead atoms. The summed E-state index contributed by atoms with van der Waals surface area (Å²) in [6.07, 6.45) is -3.28. The number of anilines is 1. The molecule has 94 valence electrons. The SMILES string of the molecule is O=C(O)CN(CC(F)(F)F)c1ncc(F)cn1. The molecule has 0 unspecified atom stereocenters. The van der Waals surface area contributed by atoms with E-state index >= 15 is 0 Å². The van der Waals surface area contributed by atoms with Crippen molar-refractivity contribution in [2.75, 3.05) is 18.0 Å². The number of hydrogen-bond acceptors (Lipinski definition) is 4. The van der Waals surface area contributed by atoms with E-state index in [4.69, 9.17) is 5.11 Å². The van der Waals surface area contributed by atoms with Crippen LogP contribution in [-0.2, 0) is 4.79 Å². The molecule has 17 heavy (non-hydrogen) atoms. The summed E-state index contributed by atoms with van der Waals surface area (Å²) in [6.45, 7) is -2.45. The van der Waals surface area contributed by atoms with Crippen LogP contribution in [0.15, 0.2) is 12.4 Å². The number of carboxylic acid groups (broad SMARTS) is 1. The van der Waals surface area contributed by atoms with Crippen LogP contribution in [0.2, 0.25) is 0 Å². The maximum atomic E-state index is 12.5. The van der Waals surface area contributed by atoms with Crippen LogP contribution in [0.25, 0.3) is 0 Å². The smallest absolute Gasteiger partial charge is 0.406 e. The molecule has 0 atom stereocenters. The molecular formula is C8H7F4N3O2. The van der Waals surface area contributed by atoms with Crippen molar-refractivity contribution in [2.24, 2.45) is 0 Å². The zero-order chi connectivity index (χ0) is 13.1. The van der Waals surface area contributed by atoms with Gasteiger partial charge in [0.15, 0.2) is 5.82 Å². The molecule has 0 aliphatic rings. The van der Waals surface area contributed by atoms with E-state index in [9.17, 15) is 22.4 Å². The van der Waals surface area contributed by atoms with Crippen LogP contribution >= 0.6 is 0 Å². The van der Waals surface area contributed by atoms with Crippen LogP contribution in [0.3, 0.4) is 0 Å². The van der Waals surface area contributed by atoms with Crippen molar-refractivity contribution in [1.29, 1.82) is 0 Å². The van der Waals surface area contributed by atoms with Gasteiger partial charge in [0.2, 0.25) is 5.95 Å². The number of carbonyl (C=O) groups is 1. The Morgan fingerprint density at radius 3 is 2.29 bits per heavy atom. The van der Waals surface area contributed by atoms with E-state index in [-0.39, 0.29) is 0 Å². The highest BCUT2D eigenvalue weighted by atomic mass is 19.4. The fraction of sp³-hybridized carbons (Fsp3) is 0.375. The van der Waals surface area contributed by atoms with Gasteiger partial charge >= 0.3 is 12.1 Å². The molecule has 1 rings (SSSR count). The lowest BCUT2D eigenvalue weighted by Gasteiger charge is -2.21. The van der Waals surface area contributed by atoms with Crippen molar-refractivity contribution in [2.45, 2.75) is 6.18 Å². The van der Waals surface area contributed by atoms with Crippen LogP contribution in [0.5, 0.6) is 0 Å². The molecule has 0 aromatic carbocycles. The van der Waals surface area contributed by atoms with Crippen molar-refractivity contribution >= 4 is 11.9 Å². The fourth-order valence-corrected chi connectivity index (χ4v) is 1.05. The van der Waals surface area contributed by atoms with Crippen molar-refractivity contribution in [3.05, 3.63) is 18.2 Å². The molecule has 0 aliphatic heterocycles. The molecule has 0 aliphatic carbocycles. The number of hydrogen-bond donors (Lipinski definition) is 1. The predicted molar refractivity (Wildman–Crippen MR) is 47.9 cm³/mol. The van der Waals surface area contributed by atoms with E-state index in [1.54, 1.807) is 0 Å². The van der Waals surface area contributed by atoms with Gasteiger partial charge in [-0.25, -0.2) is 14.4 Å². The zero-order valence-corrected chi connectivity index (χ0v) is 8.28. The maximum Gasteiger partial charge on any atom is 0.406 e. The summed E-state index contributed by atoms with van der Waals surface area (Å²) < 4.78 is 48.9. The first-order chi connectivity index (χ1) is 7.78. The predicted octanol–water partition coefficient (Wildman–Crippen LogP) is 1.07. The number of aliphatic carboxylic acids is 1. The Morgan fingerprint density at radius 1 is 1.35 bits per heavy atom. The second-order valence-corrected chi connectivity index (χ2v) is 3.07. The summed E-state index contributed by atoms with van der Waals surface area (Å²) in [4.78, 5) is 17.4. The Bertz CT molecular complexity index is 393. The van der Waals surface area contributed by atoms with Crippen molar-refractivity contribution in [1.82, 2.24) is 9.97 Å². The highest BCUT2D eigenvalue weighted by molar-refractivity contribution is 5.72. The number of nitrogens with zero attached hydrogens (tertiary/aromatic N) is 3. The summed E-state index contributed by atoms with van der Waals surface area (Å²) in [5.74, 6) is -2.79. The van der Waals surface area contributed by atoms with Gasteiger partial charge in [0.05, 0.1) is 12.4 Å². The minimum atomic E-state index is -4.60. The second kappa shape index (κ2) is 4.93. The van der Waals surface area contributed by atoms with Crippen LogP contribution in [0, 0.1) is 5.82 Å². The van der Waals surface area contributed by atoms with Crippen molar-refractivity contribution in [3.63, 3.8) is 0 Å². The van der Waals surface area contributed by atoms with E-state index in [1.807, 2.05) is 0 Å². The molecule has 9 heteroatoms. The third kappa shape index (κ3) is 4.62. The second-order valence-electron chi connectivity index (χ2n) is 3.07. The van der Waals surface area contributed by atoms with E-state index in [2.05, 4.69) is 9.97 Å². The Hall–Kier alpha value is -1.93. The molecule has 5 nitrogen and oxygen atoms in total. The van der Waals surface area contributed by atoms with E-state index in [0.29, 0.717) is 17.3 Å². The summed E-state index contributed by atoms with van der Waals surface area (Å²) >= 11 is 0. The molecule has 0 amide bonds. The van der Waals surface area contributed by atoms with E-state index in [0.717, 1.165) is 0 Å². The minimum Gasteiger partial charge on any atom is -0.480 e. The first kappa shape index (κ1) is 13.1. The first-order valence-corrected chi connectivity index (χ1v) is 4.29. The topological polar surface area (TPSA) is 66.3 Å². The van der Waals surface area contributed by atoms with Gasteiger partial charge in [-0.15, -0.1) is 0 Å². The lowest BCUT2D eigenvalue weighted by molar-refractivity contribution is -0.136. The Kier molecular flexibility index (Phi) is 3.81. The Balaban J connectivity index is 2.89. The van der Waals surface area contributed by atoms with Gasteiger partial charge in [0.1, 0.15) is 13.1 Å². The lowest BCUT2D eigenvalue weighted by Crippen LogP contribution is -2.39. The van der Waals surface area contributed by atoms with Gasteiger partial charge < -0.3 is 10.0 Å². The molecule has 0 fully saturated rings. The summed E-state index contributed by atoms with van der Waals surface area (Å²) in [6, 6.07) is 0. The third-order valence-corrected chi connectivity index (χ3v) is 1.59. The highest BCUT2D eigenvalue weighted by Crippen LogP contribution is 2.19. The van der Waals surface area contributed by atoms with E-state index in [1.165, 1.54) is 0 Å². The summed E-state index contributed by atoms with van der Waals surface area (Å²) in [7, 11) is 0. The largest absolute Gasteiger partial charge is 0.480 e. The number of aromatic nitrogens is 2. The number of alkyl halides is 3. The van der Waals surface area contributed by atoms with Gasteiger partial charge in [-0.05, 0) is 0 Å². The molecule has 0 spiro atoms. The van der Waals surface area contributed by atoms with Crippen LogP contribution in [0.1, 0.15) is 0 Å². The Morgan fingerprint density at radius 2 is 1.88 bits per heavy atom. The maximum absolute atomic E-state index is 12.5. The fourth-order valence-electron chi connectivity index (χ4n) is 1.05. The average Bonchev–Trinajstić information content (AvgIpc) is 2.14. The zero-order valence-electron chi connectivity index (χ0n) is 8.28. The van der Waals surface area contributed by atoms with Gasteiger partial charge in [-0.2, -0.15) is 13.2 Å². The molecule has 0 radical (unpaired) electrons. The lowest BCUT2D eigenvalue weighted by atomic mass is 10.4. The molecule has 1 aromatic rings. The van der Waals surface area contributed by atoms with Gasteiger partial charge in [0.25, 0.3) is 0 Å². The molecule has 0 saturated carbocycles. The van der Waals surface area contributed by atoms with Gasteiger partial charge in [-0.3, -0.25) is 4.79 Å². The minimum absolute atomic E-state index is 0.391. The van der Waals surface area contributed by atoms with Crippen LogP contribution in [-0.4, -0.2) is 40.3 Å². The normalized spacial score (nSPS) is 11.3. The van der Waals surface area contributed by atoms with Gasteiger partial charge in [-0.1, -0.05) is 0 Å². The molecular weight excluding hydrogens is 246 g/mol. The quantitative estimate of drug-likeness (QED) is 0.813. The molecule has 1 heterocycles. The van der Waals surface area contributed by atoms with Crippen LogP contribution in [0.4, 0.5) is 23.5 Å². The number of carboxylic acids is 1. The molecule has 1 aromatic heterocycles. The number of halogens is 4. The average molecular weight is 253 g/mol. The summed E-state index contributed by atoms with van der Waals surface area (Å²) in [5.41, 5.74) is 0. The molecule has 0 saturated heterocycles. The van der Waals surface area contributed by atoms with Crippen LogP contribution < -0.4 is 4.90 Å².